The maximum atomic E-state index is 11.8. The summed E-state index contributed by atoms with van der Waals surface area (Å²) in [5.74, 6) is 0. The lowest BCUT2D eigenvalue weighted by Crippen LogP contribution is -2.57. The third kappa shape index (κ3) is 3.38. The van der Waals surface area contributed by atoms with Crippen LogP contribution in [0.3, 0.4) is 0 Å². The van der Waals surface area contributed by atoms with Gasteiger partial charge in [-0.25, -0.2) is 4.79 Å². The predicted octanol–water partition coefficient (Wildman–Crippen LogP) is 1.60. The summed E-state index contributed by atoms with van der Waals surface area (Å²) in [6, 6.07) is 0.514. The minimum atomic E-state index is -0.412. The highest BCUT2D eigenvalue weighted by Crippen LogP contribution is 2.15. The van der Waals surface area contributed by atoms with Gasteiger partial charge in [0.05, 0.1) is 0 Å². The number of carbonyl (C=O) groups is 1. The first-order chi connectivity index (χ1) is 6.81. The van der Waals surface area contributed by atoms with E-state index in [-0.39, 0.29) is 12.1 Å². The van der Waals surface area contributed by atoms with Gasteiger partial charge in [-0.1, -0.05) is 0 Å². The molecule has 0 aromatic rings. The summed E-state index contributed by atoms with van der Waals surface area (Å²) in [6.07, 6.45) is -0.205. The van der Waals surface area contributed by atoms with Gasteiger partial charge in [-0.2, -0.15) is 0 Å². The minimum absolute atomic E-state index is 0.189. The summed E-state index contributed by atoms with van der Waals surface area (Å²) >= 11 is 0. The molecule has 1 fully saturated rings. The van der Waals surface area contributed by atoms with Crippen LogP contribution in [-0.2, 0) is 4.74 Å². The van der Waals surface area contributed by atoms with Crippen molar-refractivity contribution in [3.63, 3.8) is 0 Å². The molecule has 15 heavy (non-hydrogen) atoms. The van der Waals surface area contributed by atoms with Gasteiger partial charge in [-0.05, 0) is 34.6 Å². The van der Waals surface area contributed by atoms with Crippen molar-refractivity contribution in [1.29, 1.82) is 0 Å². The molecule has 1 amide bonds. The first kappa shape index (κ1) is 12.3. The van der Waals surface area contributed by atoms with Gasteiger partial charge in [0.2, 0.25) is 0 Å². The number of hydrogen-bond donors (Lipinski definition) is 1. The molecule has 2 atom stereocenters. The molecule has 1 N–H and O–H groups in total. The van der Waals surface area contributed by atoms with E-state index in [9.17, 15) is 4.79 Å². The van der Waals surface area contributed by atoms with E-state index in [1.165, 1.54) is 0 Å². The molecule has 0 saturated carbocycles. The molecular formula is C11H22N2O2. The van der Waals surface area contributed by atoms with E-state index >= 15 is 0 Å². The lowest BCUT2D eigenvalue weighted by Gasteiger charge is -2.39. The van der Waals surface area contributed by atoms with Crippen LogP contribution in [0, 0.1) is 0 Å². The Hall–Kier alpha value is -0.770. The van der Waals surface area contributed by atoms with Crippen LogP contribution in [0.25, 0.3) is 0 Å². The van der Waals surface area contributed by atoms with Crippen molar-refractivity contribution in [2.75, 3.05) is 13.1 Å². The van der Waals surface area contributed by atoms with Crippen LogP contribution in [0.4, 0.5) is 4.79 Å². The van der Waals surface area contributed by atoms with E-state index in [1.54, 1.807) is 4.90 Å². The van der Waals surface area contributed by atoms with Crippen molar-refractivity contribution in [1.82, 2.24) is 10.2 Å². The largest absolute Gasteiger partial charge is 0.444 e. The monoisotopic (exact) mass is 214 g/mol. The van der Waals surface area contributed by atoms with Gasteiger partial charge in [0, 0.05) is 25.2 Å². The molecule has 1 aliphatic heterocycles. The van der Waals surface area contributed by atoms with Crippen molar-refractivity contribution in [3.05, 3.63) is 0 Å². The van der Waals surface area contributed by atoms with Crippen molar-refractivity contribution < 1.29 is 9.53 Å². The van der Waals surface area contributed by atoms with Crippen molar-refractivity contribution in [2.45, 2.75) is 52.3 Å². The molecule has 2 unspecified atom stereocenters. The van der Waals surface area contributed by atoms with Gasteiger partial charge in [-0.3, -0.25) is 0 Å². The van der Waals surface area contributed by atoms with Crippen LogP contribution in [0.1, 0.15) is 34.6 Å². The molecule has 4 nitrogen and oxygen atoms in total. The Morgan fingerprint density at radius 2 is 2.00 bits per heavy atom. The highest BCUT2D eigenvalue weighted by Gasteiger charge is 2.31. The Labute approximate surface area is 92.0 Å². The van der Waals surface area contributed by atoms with Crippen LogP contribution in [0.15, 0.2) is 0 Å². The lowest BCUT2D eigenvalue weighted by molar-refractivity contribution is 0.00927. The number of nitrogens with zero attached hydrogens (tertiary/aromatic N) is 1. The van der Waals surface area contributed by atoms with E-state index in [0.717, 1.165) is 13.1 Å². The van der Waals surface area contributed by atoms with E-state index in [0.29, 0.717) is 6.04 Å². The number of rotatable bonds is 0. The summed E-state index contributed by atoms with van der Waals surface area (Å²) in [7, 11) is 0. The molecule has 1 aliphatic rings. The van der Waals surface area contributed by atoms with Crippen LogP contribution in [0.5, 0.6) is 0 Å². The Bertz CT molecular complexity index is 235. The topological polar surface area (TPSA) is 41.6 Å². The van der Waals surface area contributed by atoms with Gasteiger partial charge in [0.15, 0.2) is 0 Å². The number of nitrogens with one attached hydrogen (secondary N) is 1. The average Bonchev–Trinajstić information content (AvgIpc) is 2.06. The molecule has 1 heterocycles. The first-order valence-electron chi connectivity index (χ1n) is 5.54. The Balaban J connectivity index is 2.59. The molecule has 1 rings (SSSR count). The zero-order chi connectivity index (χ0) is 11.6. The fourth-order valence-electron chi connectivity index (χ4n) is 1.63. The van der Waals surface area contributed by atoms with E-state index in [2.05, 4.69) is 12.2 Å². The van der Waals surface area contributed by atoms with Crippen molar-refractivity contribution in [3.8, 4) is 0 Å². The van der Waals surface area contributed by atoms with E-state index < -0.39 is 5.60 Å². The van der Waals surface area contributed by atoms with Gasteiger partial charge in [-0.15, -0.1) is 0 Å². The molecule has 1 saturated heterocycles. The molecular weight excluding hydrogens is 192 g/mol. The third-order valence-corrected chi connectivity index (χ3v) is 2.66. The Morgan fingerprint density at radius 1 is 1.40 bits per heavy atom. The Kier molecular flexibility index (Phi) is 3.60. The third-order valence-electron chi connectivity index (χ3n) is 2.66. The summed E-state index contributed by atoms with van der Waals surface area (Å²) in [4.78, 5) is 13.6. The van der Waals surface area contributed by atoms with Crippen LogP contribution >= 0.6 is 0 Å². The maximum absolute atomic E-state index is 11.8. The summed E-state index contributed by atoms with van der Waals surface area (Å²) in [6.45, 7) is 11.4. The second-order valence-electron chi connectivity index (χ2n) is 5.16. The highest BCUT2D eigenvalue weighted by atomic mass is 16.6. The number of ether oxygens (including phenoxy) is 1. The molecule has 88 valence electrons. The van der Waals surface area contributed by atoms with Crippen LogP contribution in [-0.4, -0.2) is 41.8 Å². The standard InChI is InChI=1S/C11H22N2O2/c1-8-9(2)13(7-6-12-8)10(14)15-11(3,4)5/h8-9,12H,6-7H2,1-5H3. The average molecular weight is 214 g/mol. The number of amides is 1. The van der Waals surface area contributed by atoms with Crippen molar-refractivity contribution in [2.24, 2.45) is 0 Å². The normalized spacial score (nSPS) is 27.7. The number of hydrogen-bond acceptors (Lipinski definition) is 3. The second-order valence-corrected chi connectivity index (χ2v) is 5.16. The molecule has 0 radical (unpaired) electrons. The summed E-state index contributed by atoms with van der Waals surface area (Å²) in [5, 5.41) is 3.33. The lowest BCUT2D eigenvalue weighted by atomic mass is 10.1. The fourth-order valence-corrected chi connectivity index (χ4v) is 1.63. The zero-order valence-electron chi connectivity index (χ0n) is 10.3. The summed E-state index contributed by atoms with van der Waals surface area (Å²) in [5.41, 5.74) is -0.412. The fraction of sp³-hybridized carbons (Fsp3) is 0.909. The molecule has 0 aromatic carbocycles. The van der Waals surface area contributed by atoms with Crippen LogP contribution in [0.2, 0.25) is 0 Å². The van der Waals surface area contributed by atoms with E-state index in [1.807, 2.05) is 27.7 Å². The van der Waals surface area contributed by atoms with E-state index in [4.69, 9.17) is 4.74 Å². The van der Waals surface area contributed by atoms with Gasteiger partial charge in [0.25, 0.3) is 0 Å². The van der Waals surface area contributed by atoms with Gasteiger partial charge in [0.1, 0.15) is 5.60 Å². The first-order valence-corrected chi connectivity index (χ1v) is 5.54. The highest BCUT2D eigenvalue weighted by molar-refractivity contribution is 5.68. The van der Waals surface area contributed by atoms with Crippen molar-refractivity contribution >= 4 is 6.09 Å². The molecule has 0 aromatic heterocycles. The smallest absolute Gasteiger partial charge is 0.410 e. The number of carbonyl (C=O) groups excluding carboxylic acids is 1. The van der Waals surface area contributed by atoms with Gasteiger partial charge >= 0.3 is 6.09 Å². The number of piperazine rings is 1. The zero-order valence-corrected chi connectivity index (χ0v) is 10.3. The minimum Gasteiger partial charge on any atom is -0.444 e. The maximum Gasteiger partial charge on any atom is 0.410 e. The molecule has 0 bridgehead atoms. The quantitative estimate of drug-likeness (QED) is 0.666. The molecule has 4 heteroatoms. The predicted molar refractivity (Wildman–Crippen MR) is 59.9 cm³/mol. The van der Waals surface area contributed by atoms with Gasteiger partial charge < -0.3 is 15.0 Å². The summed E-state index contributed by atoms with van der Waals surface area (Å²) < 4.78 is 5.36. The SMILES string of the molecule is CC1NCCN(C(=O)OC(C)(C)C)C1C. The molecule has 0 spiro atoms. The Morgan fingerprint density at radius 3 is 2.53 bits per heavy atom. The van der Waals surface area contributed by atoms with Crippen LogP contribution < -0.4 is 5.32 Å². The second kappa shape index (κ2) is 4.39. The molecule has 0 aliphatic carbocycles.